The highest BCUT2D eigenvalue weighted by Crippen LogP contribution is 2.06. The molecule has 0 fully saturated rings. The smallest absolute Gasteiger partial charge is 0.367 e. The zero-order chi connectivity index (χ0) is 10.5. The van der Waals surface area contributed by atoms with E-state index in [1.807, 2.05) is 6.92 Å². The van der Waals surface area contributed by atoms with E-state index < -0.39 is 22.4 Å². The van der Waals surface area contributed by atoms with Crippen LogP contribution < -0.4 is 5.73 Å². The van der Waals surface area contributed by atoms with Gasteiger partial charge in [0.1, 0.15) is 0 Å². The van der Waals surface area contributed by atoms with Crippen molar-refractivity contribution in [2.75, 3.05) is 0 Å². The first-order valence-electron chi connectivity index (χ1n) is 3.82. The molecule has 0 aromatic rings. The molecular formula is C6H13NO5S. The lowest BCUT2D eigenvalue weighted by Gasteiger charge is -2.10. The summed E-state index contributed by atoms with van der Waals surface area (Å²) >= 11 is 0. The van der Waals surface area contributed by atoms with Gasteiger partial charge in [-0.25, -0.2) is 4.18 Å². The molecule has 13 heavy (non-hydrogen) atoms. The largest absolute Gasteiger partial charge is 0.398 e. The number of hydrogen-bond acceptors (Lipinski definition) is 4. The first-order valence-corrected chi connectivity index (χ1v) is 5.18. The van der Waals surface area contributed by atoms with Crippen molar-refractivity contribution in [2.24, 2.45) is 5.73 Å². The van der Waals surface area contributed by atoms with E-state index in [4.69, 9.17) is 10.3 Å². The Labute approximate surface area is 77.0 Å². The van der Waals surface area contributed by atoms with Gasteiger partial charge in [-0.2, -0.15) is 8.42 Å². The lowest BCUT2D eigenvalue weighted by atomic mass is 10.1. The summed E-state index contributed by atoms with van der Waals surface area (Å²) in [5, 5.41) is 0. The van der Waals surface area contributed by atoms with Crippen LogP contribution in [-0.4, -0.2) is 25.0 Å². The second-order valence-electron chi connectivity index (χ2n) is 2.56. The Bertz CT molecular complexity index is 260. The van der Waals surface area contributed by atoms with Crippen molar-refractivity contribution in [1.29, 1.82) is 0 Å². The highest BCUT2D eigenvalue weighted by atomic mass is 32.3. The van der Waals surface area contributed by atoms with Crippen LogP contribution in [0.1, 0.15) is 26.2 Å². The summed E-state index contributed by atoms with van der Waals surface area (Å²) < 4.78 is 32.8. The molecule has 0 aromatic heterocycles. The van der Waals surface area contributed by atoms with Crippen molar-refractivity contribution < 1.29 is 21.9 Å². The first-order chi connectivity index (χ1) is 5.87. The van der Waals surface area contributed by atoms with Gasteiger partial charge < -0.3 is 5.73 Å². The molecule has 3 N–H and O–H groups in total. The predicted molar refractivity (Wildman–Crippen MR) is 45.1 cm³/mol. The summed E-state index contributed by atoms with van der Waals surface area (Å²) in [4.78, 5) is 10.6. The molecule has 1 amide bonds. The number of unbranched alkanes of at least 4 members (excludes halogenated alkanes) is 1. The van der Waals surface area contributed by atoms with E-state index in [1.165, 1.54) is 0 Å². The maximum Gasteiger partial charge on any atom is 0.398 e. The standard InChI is InChI=1S/C6H13NO5S/c1-2-3-4-5(6(7)8)12-13(9,10)11/h5H,2-4H2,1H3,(H2,7,8)(H,9,10,11). The molecule has 0 heterocycles. The van der Waals surface area contributed by atoms with E-state index in [2.05, 4.69) is 4.18 Å². The molecule has 0 saturated heterocycles. The van der Waals surface area contributed by atoms with Gasteiger partial charge in [0.25, 0.3) is 0 Å². The maximum absolute atomic E-state index is 10.6. The van der Waals surface area contributed by atoms with Gasteiger partial charge in [0.2, 0.25) is 5.91 Å². The average Bonchev–Trinajstić information content (AvgIpc) is 1.95. The van der Waals surface area contributed by atoms with Gasteiger partial charge in [-0.15, -0.1) is 0 Å². The molecule has 0 bridgehead atoms. The van der Waals surface area contributed by atoms with Crippen molar-refractivity contribution in [3.63, 3.8) is 0 Å². The predicted octanol–water partition coefficient (Wildman–Crippen LogP) is -0.150. The average molecular weight is 211 g/mol. The SMILES string of the molecule is CCCCC(OS(=O)(=O)O)C(N)=O. The first kappa shape index (κ1) is 12.3. The molecule has 6 nitrogen and oxygen atoms in total. The van der Waals surface area contributed by atoms with Crippen LogP contribution in [0.3, 0.4) is 0 Å². The van der Waals surface area contributed by atoms with Crippen molar-refractivity contribution >= 4 is 16.3 Å². The summed E-state index contributed by atoms with van der Waals surface area (Å²) in [5.74, 6) is -0.897. The third kappa shape index (κ3) is 6.50. The second-order valence-corrected chi connectivity index (χ2v) is 3.61. The molecule has 0 spiro atoms. The molecule has 1 atom stereocenters. The quantitative estimate of drug-likeness (QED) is 0.594. The fourth-order valence-corrected chi connectivity index (χ4v) is 1.26. The van der Waals surface area contributed by atoms with Crippen LogP contribution in [-0.2, 0) is 19.4 Å². The highest BCUT2D eigenvalue weighted by molar-refractivity contribution is 7.80. The minimum atomic E-state index is -4.60. The van der Waals surface area contributed by atoms with Crippen LogP contribution in [0.5, 0.6) is 0 Å². The third-order valence-electron chi connectivity index (χ3n) is 1.37. The van der Waals surface area contributed by atoms with Crippen LogP contribution in [0, 0.1) is 0 Å². The number of amides is 1. The molecule has 1 unspecified atom stereocenters. The summed E-state index contributed by atoms with van der Waals surface area (Å²) in [6.45, 7) is 1.87. The molecule has 0 aliphatic rings. The maximum atomic E-state index is 10.6. The van der Waals surface area contributed by atoms with E-state index in [0.29, 0.717) is 6.42 Å². The van der Waals surface area contributed by atoms with Gasteiger partial charge in [-0.1, -0.05) is 19.8 Å². The van der Waals surface area contributed by atoms with Crippen LogP contribution in [0.2, 0.25) is 0 Å². The van der Waals surface area contributed by atoms with Gasteiger partial charge in [-0.05, 0) is 6.42 Å². The summed E-state index contributed by atoms with van der Waals surface area (Å²) in [5.41, 5.74) is 4.85. The Balaban J connectivity index is 4.19. The summed E-state index contributed by atoms with van der Waals surface area (Å²) in [6, 6.07) is 0. The molecule has 0 aromatic carbocycles. The van der Waals surface area contributed by atoms with Gasteiger partial charge >= 0.3 is 10.4 Å². The number of carbonyl (C=O) groups excluding carboxylic acids is 1. The molecule has 0 saturated carbocycles. The van der Waals surface area contributed by atoms with Gasteiger partial charge in [0.15, 0.2) is 6.10 Å². The van der Waals surface area contributed by atoms with E-state index in [-0.39, 0.29) is 6.42 Å². The number of nitrogens with two attached hydrogens (primary N) is 1. The lowest BCUT2D eigenvalue weighted by Crippen LogP contribution is -2.33. The Morgan fingerprint density at radius 2 is 2.15 bits per heavy atom. The second kappa shape index (κ2) is 5.15. The van der Waals surface area contributed by atoms with Crippen LogP contribution in [0.15, 0.2) is 0 Å². The van der Waals surface area contributed by atoms with Crippen LogP contribution in [0.25, 0.3) is 0 Å². The molecule has 0 rings (SSSR count). The zero-order valence-corrected chi connectivity index (χ0v) is 8.08. The van der Waals surface area contributed by atoms with E-state index in [9.17, 15) is 13.2 Å². The molecule has 0 aliphatic heterocycles. The molecule has 0 aliphatic carbocycles. The fourth-order valence-electron chi connectivity index (χ4n) is 0.774. The van der Waals surface area contributed by atoms with Crippen LogP contribution >= 0.6 is 0 Å². The molecule has 78 valence electrons. The summed E-state index contributed by atoms with van der Waals surface area (Å²) in [7, 11) is -4.60. The topological polar surface area (TPSA) is 107 Å². The Morgan fingerprint density at radius 1 is 1.62 bits per heavy atom. The molecule has 7 heteroatoms. The summed E-state index contributed by atoms with van der Waals surface area (Å²) in [6.07, 6.45) is 0.294. The van der Waals surface area contributed by atoms with Gasteiger partial charge in [-0.3, -0.25) is 9.35 Å². The van der Waals surface area contributed by atoms with Crippen molar-refractivity contribution in [2.45, 2.75) is 32.3 Å². The molecular weight excluding hydrogens is 198 g/mol. The minimum Gasteiger partial charge on any atom is -0.367 e. The fraction of sp³-hybridized carbons (Fsp3) is 0.833. The number of primary amides is 1. The van der Waals surface area contributed by atoms with Crippen molar-refractivity contribution in [1.82, 2.24) is 0 Å². The van der Waals surface area contributed by atoms with Crippen molar-refractivity contribution in [3.8, 4) is 0 Å². The Kier molecular flexibility index (Phi) is 4.89. The van der Waals surface area contributed by atoms with Gasteiger partial charge in [0.05, 0.1) is 0 Å². The number of rotatable bonds is 6. The Morgan fingerprint density at radius 3 is 2.46 bits per heavy atom. The van der Waals surface area contributed by atoms with E-state index >= 15 is 0 Å². The van der Waals surface area contributed by atoms with E-state index in [1.54, 1.807) is 0 Å². The van der Waals surface area contributed by atoms with Crippen molar-refractivity contribution in [3.05, 3.63) is 0 Å². The number of hydrogen-bond donors (Lipinski definition) is 2. The normalized spacial score (nSPS) is 14.0. The monoisotopic (exact) mass is 211 g/mol. The van der Waals surface area contributed by atoms with E-state index in [0.717, 1.165) is 6.42 Å². The lowest BCUT2D eigenvalue weighted by molar-refractivity contribution is -0.125. The number of carbonyl (C=O) groups is 1. The van der Waals surface area contributed by atoms with Gasteiger partial charge in [0, 0.05) is 0 Å². The van der Waals surface area contributed by atoms with Crippen LogP contribution in [0.4, 0.5) is 0 Å². The zero-order valence-electron chi connectivity index (χ0n) is 7.26. The Hall–Kier alpha value is -0.660. The third-order valence-corrected chi connectivity index (χ3v) is 1.85. The minimum absolute atomic E-state index is 0.186. The molecule has 0 radical (unpaired) electrons. The highest BCUT2D eigenvalue weighted by Gasteiger charge is 2.21.